The van der Waals surface area contributed by atoms with E-state index in [0.29, 0.717) is 12.5 Å². The highest BCUT2D eigenvalue weighted by Gasteiger charge is 2.31. The molecule has 6 nitrogen and oxygen atoms in total. The normalized spacial score (nSPS) is 20.1. The molecule has 29 heavy (non-hydrogen) atoms. The van der Waals surface area contributed by atoms with E-state index in [-0.39, 0.29) is 35.9 Å². The van der Waals surface area contributed by atoms with Gasteiger partial charge in [0.15, 0.2) is 5.96 Å². The fourth-order valence-corrected chi connectivity index (χ4v) is 4.14. The lowest BCUT2D eigenvalue weighted by molar-refractivity contribution is -0.135. The first-order valence-electron chi connectivity index (χ1n) is 10.7. The van der Waals surface area contributed by atoms with Gasteiger partial charge in [0.25, 0.3) is 0 Å². The zero-order valence-electron chi connectivity index (χ0n) is 17.7. The third-order valence-electron chi connectivity index (χ3n) is 5.69. The molecule has 0 spiro atoms. The Bertz CT molecular complexity index is 677. The summed E-state index contributed by atoms with van der Waals surface area (Å²) in [4.78, 5) is 19.5. The highest BCUT2D eigenvalue weighted by Crippen LogP contribution is 2.26. The van der Waals surface area contributed by atoms with Crippen LogP contribution in [0, 0.1) is 5.92 Å². The van der Waals surface area contributed by atoms with Crippen LogP contribution in [0.1, 0.15) is 51.0 Å². The molecule has 1 aromatic rings. The summed E-state index contributed by atoms with van der Waals surface area (Å²) in [5.41, 5.74) is 1.11. The predicted octanol–water partition coefficient (Wildman–Crippen LogP) is 3.55. The van der Waals surface area contributed by atoms with Gasteiger partial charge in [0, 0.05) is 31.6 Å². The van der Waals surface area contributed by atoms with E-state index < -0.39 is 0 Å². The van der Waals surface area contributed by atoms with Gasteiger partial charge in [-0.15, -0.1) is 24.0 Å². The summed E-state index contributed by atoms with van der Waals surface area (Å²) in [6.07, 6.45) is 6.79. The molecule has 1 heterocycles. The second kappa shape index (κ2) is 12.2. The second-order valence-corrected chi connectivity index (χ2v) is 7.80. The summed E-state index contributed by atoms with van der Waals surface area (Å²) in [5, 5.41) is 6.84. The smallest absolute Gasteiger partial charge is 0.225 e. The van der Waals surface area contributed by atoms with Crippen LogP contribution in [0.4, 0.5) is 0 Å². The van der Waals surface area contributed by atoms with Crippen molar-refractivity contribution in [1.82, 2.24) is 15.5 Å². The van der Waals surface area contributed by atoms with Crippen LogP contribution in [-0.4, -0.2) is 49.6 Å². The number of hydrogen-bond acceptors (Lipinski definition) is 3. The molecular formula is C22H35IN4O2. The average molecular weight is 514 g/mol. The van der Waals surface area contributed by atoms with Crippen LogP contribution in [0.3, 0.4) is 0 Å². The number of nitrogens with one attached hydrogen (secondary N) is 2. The number of likely N-dealkylation sites (tertiary alicyclic amines) is 1. The van der Waals surface area contributed by atoms with E-state index >= 15 is 0 Å². The van der Waals surface area contributed by atoms with Crippen LogP contribution in [-0.2, 0) is 11.3 Å². The Morgan fingerprint density at radius 2 is 2.03 bits per heavy atom. The number of carbonyl (C=O) groups is 1. The van der Waals surface area contributed by atoms with Gasteiger partial charge in [-0.05, 0) is 43.9 Å². The molecule has 1 aromatic carbocycles. The van der Waals surface area contributed by atoms with Crippen LogP contribution < -0.4 is 15.4 Å². The van der Waals surface area contributed by atoms with E-state index in [4.69, 9.17) is 9.73 Å². The first-order chi connectivity index (χ1) is 13.7. The van der Waals surface area contributed by atoms with Gasteiger partial charge < -0.3 is 20.3 Å². The zero-order valence-corrected chi connectivity index (χ0v) is 20.0. The fourth-order valence-electron chi connectivity index (χ4n) is 4.14. The molecule has 1 aliphatic heterocycles. The Labute approximate surface area is 191 Å². The fraction of sp³-hybridized carbons (Fsp3) is 0.636. The molecule has 1 aliphatic carbocycles. The quantitative estimate of drug-likeness (QED) is 0.346. The van der Waals surface area contributed by atoms with E-state index in [1.54, 1.807) is 7.11 Å². The highest BCUT2D eigenvalue weighted by molar-refractivity contribution is 14.0. The van der Waals surface area contributed by atoms with Crippen LogP contribution in [0.15, 0.2) is 29.3 Å². The Kier molecular flexibility index (Phi) is 10.0. The molecule has 0 aromatic heterocycles. The number of aliphatic imine (C=N–C) groups is 1. The van der Waals surface area contributed by atoms with E-state index in [1.165, 1.54) is 19.3 Å². The van der Waals surface area contributed by atoms with Gasteiger partial charge in [0.1, 0.15) is 5.75 Å². The Hall–Kier alpha value is -1.51. The van der Waals surface area contributed by atoms with Crippen LogP contribution in [0.2, 0.25) is 0 Å². The Morgan fingerprint density at radius 3 is 2.76 bits per heavy atom. The Balaban J connectivity index is 0.00000300. The monoisotopic (exact) mass is 514 g/mol. The number of amides is 1. The van der Waals surface area contributed by atoms with E-state index in [9.17, 15) is 4.79 Å². The average Bonchev–Trinajstić information content (AvgIpc) is 3.21. The molecule has 1 unspecified atom stereocenters. The predicted molar refractivity (Wildman–Crippen MR) is 128 cm³/mol. The van der Waals surface area contributed by atoms with Crippen molar-refractivity contribution < 1.29 is 9.53 Å². The lowest BCUT2D eigenvalue weighted by Gasteiger charge is -2.26. The van der Waals surface area contributed by atoms with Gasteiger partial charge in [-0.2, -0.15) is 0 Å². The molecule has 2 N–H and O–H groups in total. The SMILES string of the molecule is CCNC(=NCc1cccc(OC)c1)NC1CCN(C(=O)C2CCCCC2)C1.I. The van der Waals surface area contributed by atoms with Crippen molar-refractivity contribution in [2.75, 3.05) is 26.7 Å². The third-order valence-corrected chi connectivity index (χ3v) is 5.69. The molecule has 2 fully saturated rings. The van der Waals surface area contributed by atoms with E-state index in [0.717, 1.165) is 56.2 Å². The van der Waals surface area contributed by atoms with Crippen molar-refractivity contribution in [1.29, 1.82) is 0 Å². The van der Waals surface area contributed by atoms with E-state index in [2.05, 4.69) is 28.5 Å². The summed E-state index contributed by atoms with van der Waals surface area (Å²) < 4.78 is 5.28. The first-order valence-corrected chi connectivity index (χ1v) is 10.7. The molecule has 0 radical (unpaired) electrons. The summed E-state index contributed by atoms with van der Waals surface area (Å²) in [7, 11) is 1.68. The maximum Gasteiger partial charge on any atom is 0.225 e. The molecule has 162 valence electrons. The number of guanidine groups is 1. The van der Waals surface area contributed by atoms with Crippen molar-refractivity contribution in [3.63, 3.8) is 0 Å². The van der Waals surface area contributed by atoms with Crippen molar-refractivity contribution >= 4 is 35.8 Å². The maximum atomic E-state index is 12.8. The minimum Gasteiger partial charge on any atom is -0.497 e. The molecule has 7 heteroatoms. The molecule has 1 amide bonds. The number of rotatable bonds is 6. The Morgan fingerprint density at radius 1 is 1.24 bits per heavy atom. The van der Waals surface area contributed by atoms with Gasteiger partial charge in [0.2, 0.25) is 5.91 Å². The molecule has 1 saturated heterocycles. The number of ether oxygens (including phenoxy) is 1. The number of benzene rings is 1. The number of methoxy groups -OCH3 is 1. The van der Waals surface area contributed by atoms with Crippen molar-refractivity contribution in [2.24, 2.45) is 10.9 Å². The topological polar surface area (TPSA) is 66.0 Å². The van der Waals surface area contributed by atoms with Crippen molar-refractivity contribution in [2.45, 2.75) is 58.0 Å². The third kappa shape index (κ3) is 7.04. The molecule has 0 bridgehead atoms. The van der Waals surface area contributed by atoms with Gasteiger partial charge in [0.05, 0.1) is 13.7 Å². The molecule has 1 saturated carbocycles. The van der Waals surface area contributed by atoms with Crippen LogP contribution in [0.25, 0.3) is 0 Å². The van der Waals surface area contributed by atoms with Crippen molar-refractivity contribution in [3.05, 3.63) is 29.8 Å². The molecular weight excluding hydrogens is 479 g/mol. The van der Waals surface area contributed by atoms with Gasteiger partial charge in [-0.1, -0.05) is 31.4 Å². The standard InChI is InChI=1S/C22H34N4O2.HI/c1-3-23-22(24-15-17-8-7-11-20(14-17)28-2)25-19-12-13-26(16-19)21(27)18-9-5-4-6-10-18;/h7-8,11,14,18-19H,3-6,9-10,12-13,15-16H2,1-2H3,(H2,23,24,25);1H. The van der Waals surface area contributed by atoms with Gasteiger partial charge in [-0.3, -0.25) is 4.79 Å². The van der Waals surface area contributed by atoms with E-state index in [1.807, 2.05) is 18.2 Å². The van der Waals surface area contributed by atoms with Crippen LogP contribution in [0.5, 0.6) is 5.75 Å². The number of hydrogen-bond donors (Lipinski definition) is 2. The lowest BCUT2D eigenvalue weighted by atomic mass is 9.88. The lowest BCUT2D eigenvalue weighted by Crippen LogP contribution is -2.45. The zero-order chi connectivity index (χ0) is 19.8. The van der Waals surface area contributed by atoms with Crippen LogP contribution >= 0.6 is 24.0 Å². The molecule has 3 rings (SSSR count). The summed E-state index contributed by atoms with van der Waals surface area (Å²) >= 11 is 0. The summed E-state index contributed by atoms with van der Waals surface area (Å²) in [6, 6.07) is 8.24. The van der Waals surface area contributed by atoms with Gasteiger partial charge in [-0.25, -0.2) is 4.99 Å². The maximum absolute atomic E-state index is 12.8. The summed E-state index contributed by atoms with van der Waals surface area (Å²) in [5.74, 6) is 2.27. The molecule has 2 aliphatic rings. The number of halogens is 1. The molecule has 1 atom stereocenters. The minimum atomic E-state index is 0. The van der Waals surface area contributed by atoms with Gasteiger partial charge >= 0.3 is 0 Å². The second-order valence-electron chi connectivity index (χ2n) is 7.80. The minimum absolute atomic E-state index is 0. The number of nitrogens with zero attached hydrogens (tertiary/aromatic N) is 2. The largest absolute Gasteiger partial charge is 0.497 e. The van der Waals surface area contributed by atoms with Crippen molar-refractivity contribution in [3.8, 4) is 5.75 Å². The first kappa shape index (κ1) is 23.8. The highest BCUT2D eigenvalue weighted by atomic mass is 127. The number of carbonyl (C=O) groups excluding carboxylic acids is 1. The summed E-state index contributed by atoms with van der Waals surface area (Å²) in [6.45, 7) is 5.09.